The third-order valence-electron chi connectivity index (χ3n) is 3.23. The zero-order valence-corrected chi connectivity index (χ0v) is 11.1. The van der Waals surface area contributed by atoms with Gasteiger partial charge in [0.1, 0.15) is 5.82 Å². The van der Waals surface area contributed by atoms with Gasteiger partial charge in [0.25, 0.3) is 0 Å². The van der Waals surface area contributed by atoms with E-state index < -0.39 is 0 Å². The predicted molar refractivity (Wildman–Crippen MR) is 73.5 cm³/mol. The number of rotatable bonds is 5. The molecular formula is C14H23N3O. The molecule has 2 rings (SSSR count). The Morgan fingerprint density at radius 1 is 1.50 bits per heavy atom. The van der Waals surface area contributed by atoms with Crippen molar-refractivity contribution < 1.29 is 5.11 Å². The average Bonchev–Trinajstić information content (AvgIpc) is 2.37. The summed E-state index contributed by atoms with van der Waals surface area (Å²) in [5.41, 5.74) is 1.07. The van der Waals surface area contributed by atoms with Gasteiger partial charge in [0.2, 0.25) is 0 Å². The first-order chi connectivity index (χ1) is 8.78. The van der Waals surface area contributed by atoms with Gasteiger partial charge in [0.05, 0.1) is 11.8 Å². The number of β-amino-alcohol motifs (C(OH)–C–C–N with tert-alkyl or cyclic N) is 1. The lowest BCUT2D eigenvalue weighted by molar-refractivity contribution is 0.0662. The second kappa shape index (κ2) is 6.71. The first-order valence-electron chi connectivity index (χ1n) is 6.88. The Morgan fingerprint density at radius 3 is 3.17 bits per heavy atom. The Morgan fingerprint density at radius 2 is 2.39 bits per heavy atom. The minimum absolute atomic E-state index is 0.167. The van der Waals surface area contributed by atoms with Crippen molar-refractivity contribution in [3.8, 4) is 0 Å². The number of aliphatic hydroxyl groups excluding tert-OH is 1. The van der Waals surface area contributed by atoms with Gasteiger partial charge in [-0.15, -0.1) is 0 Å². The summed E-state index contributed by atoms with van der Waals surface area (Å²) in [5.74, 6) is 0.951. The highest BCUT2D eigenvalue weighted by Gasteiger charge is 2.17. The van der Waals surface area contributed by atoms with E-state index in [-0.39, 0.29) is 6.10 Å². The van der Waals surface area contributed by atoms with Gasteiger partial charge in [-0.2, -0.15) is 0 Å². The van der Waals surface area contributed by atoms with Gasteiger partial charge < -0.3 is 10.4 Å². The van der Waals surface area contributed by atoms with Gasteiger partial charge in [-0.1, -0.05) is 13.0 Å². The number of nitrogens with one attached hydrogen (secondary N) is 1. The van der Waals surface area contributed by atoms with Crippen molar-refractivity contribution in [1.29, 1.82) is 0 Å². The predicted octanol–water partition coefficient (Wildman–Crippen LogP) is 1.86. The molecule has 0 amide bonds. The number of hydrogen-bond acceptors (Lipinski definition) is 4. The third kappa shape index (κ3) is 3.96. The van der Waals surface area contributed by atoms with Crippen LogP contribution in [0.25, 0.3) is 0 Å². The maximum atomic E-state index is 9.65. The first kappa shape index (κ1) is 13.3. The Hall–Kier alpha value is -1.13. The number of pyridine rings is 1. The molecule has 0 aliphatic carbocycles. The van der Waals surface area contributed by atoms with E-state index in [4.69, 9.17) is 0 Å². The van der Waals surface area contributed by atoms with Gasteiger partial charge in [-0.05, 0) is 37.9 Å². The topological polar surface area (TPSA) is 48.4 Å². The molecule has 1 atom stereocenters. The number of likely N-dealkylation sites (tertiary alicyclic amines) is 1. The van der Waals surface area contributed by atoms with E-state index in [9.17, 15) is 5.11 Å². The van der Waals surface area contributed by atoms with Gasteiger partial charge in [-0.3, -0.25) is 4.90 Å². The molecule has 0 bridgehead atoms. The molecular weight excluding hydrogens is 226 g/mol. The van der Waals surface area contributed by atoms with E-state index in [0.717, 1.165) is 57.0 Å². The molecule has 0 radical (unpaired) electrons. The molecule has 0 saturated carbocycles. The zero-order valence-electron chi connectivity index (χ0n) is 11.1. The highest BCUT2D eigenvalue weighted by molar-refractivity contribution is 5.35. The standard InChI is InChI=1S/C14H23N3O/c1-2-8-15-14-7-3-5-12(16-14)10-17-9-4-6-13(18)11-17/h3,5,7,13,18H,2,4,6,8-11H2,1H3,(H,15,16). The number of aliphatic hydroxyl groups is 1. The Labute approximate surface area is 109 Å². The highest BCUT2D eigenvalue weighted by atomic mass is 16.3. The van der Waals surface area contributed by atoms with Crippen LogP contribution in [0.1, 0.15) is 31.9 Å². The lowest BCUT2D eigenvalue weighted by atomic mass is 10.1. The monoisotopic (exact) mass is 249 g/mol. The number of aromatic nitrogens is 1. The van der Waals surface area contributed by atoms with Crippen molar-refractivity contribution in [2.45, 2.75) is 38.8 Å². The molecule has 18 heavy (non-hydrogen) atoms. The highest BCUT2D eigenvalue weighted by Crippen LogP contribution is 2.13. The zero-order chi connectivity index (χ0) is 12.8. The number of piperidine rings is 1. The molecule has 1 aliphatic rings. The Kier molecular flexibility index (Phi) is 4.96. The third-order valence-corrected chi connectivity index (χ3v) is 3.23. The molecule has 0 aromatic carbocycles. The summed E-state index contributed by atoms with van der Waals surface area (Å²) in [4.78, 5) is 6.87. The lowest BCUT2D eigenvalue weighted by Gasteiger charge is -2.29. The second-order valence-corrected chi connectivity index (χ2v) is 4.97. The summed E-state index contributed by atoms with van der Waals surface area (Å²) >= 11 is 0. The molecule has 1 aliphatic heterocycles. The van der Waals surface area contributed by atoms with Crippen molar-refractivity contribution in [2.24, 2.45) is 0 Å². The molecule has 0 spiro atoms. The van der Waals surface area contributed by atoms with Crippen LogP contribution in [0.4, 0.5) is 5.82 Å². The number of nitrogens with zero attached hydrogens (tertiary/aromatic N) is 2. The largest absolute Gasteiger partial charge is 0.392 e. The van der Waals surface area contributed by atoms with Crippen molar-refractivity contribution in [3.05, 3.63) is 23.9 Å². The molecule has 1 aromatic heterocycles. The molecule has 4 nitrogen and oxygen atoms in total. The van der Waals surface area contributed by atoms with Gasteiger partial charge in [-0.25, -0.2) is 4.98 Å². The van der Waals surface area contributed by atoms with Crippen LogP contribution in [0.3, 0.4) is 0 Å². The van der Waals surface area contributed by atoms with Gasteiger partial charge in [0, 0.05) is 19.6 Å². The quantitative estimate of drug-likeness (QED) is 0.836. The van der Waals surface area contributed by atoms with Gasteiger partial charge >= 0.3 is 0 Å². The molecule has 1 unspecified atom stereocenters. The van der Waals surface area contributed by atoms with E-state index in [0.29, 0.717) is 0 Å². The van der Waals surface area contributed by atoms with E-state index >= 15 is 0 Å². The van der Waals surface area contributed by atoms with Crippen LogP contribution in [-0.2, 0) is 6.54 Å². The number of anilines is 1. The Bertz CT molecular complexity index is 370. The van der Waals surface area contributed by atoms with E-state index in [1.807, 2.05) is 12.1 Å². The van der Waals surface area contributed by atoms with Crippen LogP contribution >= 0.6 is 0 Å². The van der Waals surface area contributed by atoms with Gasteiger partial charge in [0.15, 0.2) is 0 Å². The van der Waals surface area contributed by atoms with Crippen molar-refractivity contribution in [2.75, 3.05) is 25.0 Å². The van der Waals surface area contributed by atoms with Crippen LogP contribution < -0.4 is 5.32 Å². The van der Waals surface area contributed by atoms with E-state index in [2.05, 4.69) is 28.2 Å². The fourth-order valence-corrected chi connectivity index (χ4v) is 2.32. The SMILES string of the molecule is CCCNc1cccc(CN2CCCC(O)C2)n1. The maximum Gasteiger partial charge on any atom is 0.126 e. The van der Waals surface area contributed by atoms with Crippen molar-refractivity contribution in [1.82, 2.24) is 9.88 Å². The molecule has 2 heterocycles. The maximum absolute atomic E-state index is 9.65. The minimum Gasteiger partial charge on any atom is -0.392 e. The van der Waals surface area contributed by atoms with E-state index in [1.54, 1.807) is 0 Å². The normalized spacial score (nSPS) is 20.9. The van der Waals surface area contributed by atoms with E-state index in [1.165, 1.54) is 0 Å². The summed E-state index contributed by atoms with van der Waals surface area (Å²) in [7, 11) is 0. The van der Waals surface area contributed by atoms with Crippen molar-refractivity contribution >= 4 is 5.82 Å². The fraction of sp³-hybridized carbons (Fsp3) is 0.643. The second-order valence-electron chi connectivity index (χ2n) is 4.97. The van der Waals surface area contributed by atoms with Crippen LogP contribution in [0, 0.1) is 0 Å². The van der Waals surface area contributed by atoms with Crippen LogP contribution in [0.2, 0.25) is 0 Å². The molecule has 1 aromatic rings. The van der Waals surface area contributed by atoms with Crippen LogP contribution in [0.5, 0.6) is 0 Å². The molecule has 2 N–H and O–H groups in total. The van der Waals surface area contributed by atoms with Crippen molar-refractivity contribution in [3.63, 3.8) is 0 Å². The minimum atomic E-state index is -0.167. The molecule has 1 saturated heterocycles. The number of hydrogen-bond donors (Lipinski definition) is 2. The summed E-state index contributed by atoms with van der Waals surface area (Å²) in [6.45, 7) is 5.77. The van der Waals surface area contributed by atoms with Crippen LogP contribution in [-0.4, -0.2) is 40.7 Å². The average molecular weight is 249 g/mol. The summed E-state index contributed by atoms with van der Waals surface area (Å²) in [5, 5.41) is 13.0. The smallest absolute Gasteiger partial charge is 0.126 e. The summed E-state index contributed by atoms with van der Waals surface area (Å²) < 4.78 is 0. The van der Waals surface area contributed by atoms with Crippen LogP contribution in [0.15, 0.2) is 18.2 Å². The fourth-order valence-electron chi connectivity index (χ4n) is 2.32. The molecule has 100 valence electrons. The molecule has 4 heteroatoms. The molecule has 1 fully saturated rings. The summed E-state index contributed by atoms with van der Waals surface area (Å²) in [6, 6.07) is 6.10. The lowest BCUT2D eigenvalue weighted by Crippen LogP contribution is -2.37. The Balaban J connectivity index is 1.91. The first-order valence-corrected chi connectivity index (χ1v) is 6.88. The summed E-state index contributed by atoms with van der Waals surface area (Å²) in [6.07, 6.45) is 2.95.